The Balaban J connectivity index is 2.04. The zero-order chi connectivity index (χ0) is 15.5. The van der Waals surface area contributed by atoms with Gasteiger partial charge in [-0.1, -0.05) is 51.1 Å². The molecule has 0 aliphatic rings. The largest absolute Gasteiger partial charge is 0.396 e. The predicted octanol–water partition coefficient (Wildman–Crippen LogP) is 3.86. The third kappa shape index (κ3) is 8.20. The highest BCUT2D eigenvalue weighted by Gasteiger charge is 2.13. The molecule has 2 atom stereocenters. The molecule has 0 aliphatic heterocycles. The van der Waals surface area contributed by atoms with E-state index >= 15 is 0 Å². The number of hydrogen-bond donors (Lipinski definition) is 1. The van der Waals surface area contributed by atoms with Crippen LogP contribution in [0.1, 0.15) is 39.2 Å². The summed E-state index contributed by atoms with van der Waals surface area (Å²) in [5, 5.41) is 9.31. The van der Waals surface area contributed by atoms with E-state index in [-0.39, 0.29) is 6.61 Å². The van der Waals surface area contributed by atoms with Crippen molar-refractivity contribution in [1.82, 2.24) is 0 Å². The van der Waals surface area contributed by atoms with Gasteiger partial charge in [0.25, 0.3) is 0 Å². The number of hydrogen-bond acceptors (Lipinski definition) is 3. The molecule has 3 nitrogen and oxygen atoms in total. The summed E-state index contributed by atoms with van der Waals surface area (Å²) in [6, 6.07) is 10.1. The minimum absolute atomic E-state index is 0.283. The van der Waals surface area contributed by atoms with Gasteiger partial charge < -0.3 is 14.6 Å². The molecule has 0 amide bonds. The maximum absolute atomic E-state index is 9.31. The van der Waals surface area contributed by atoms with Crippen LogP contribution in [0.25, 0.3) is 0 Å². The van der Waals surface area contributed by atoms with E-state index in [9.17, 15) is 5.11 Å². The molecule has 21 heavy (non-hydrogen) atoms. The molecule has 0 aromatic heterocycles. The monoisotopic (exact) mass is 294 g/mol. The van der Waals surface area contributed by atoms with Crippen molar-refractivity contribution in [3.05, 3.63) is 35.9 Å². The summed E-state index contributed by atoms with van der Waals surface area (Å²) < 4.78 is 11.1. The van der Waals surface area contributed by atoms with E-state index in [0.29, 0.717) is 37.8 Å². The van der Waals surface area contributed by atoms with Crippen molar-refractivity contribution in [3.63, 3.8) is 0 Å². The molecule has 3 heteroatoms. The fourth-order valence-corrected chi connectivity index (χ4v) is 2.26. The Morgan fingerprint density at radius 2 is 1.71 bits per heavy atom. The van der Waals surface area contributed by atoms with Crippen LogP contribution < -0.4 is 0 Å². The summed E-state index contributed by atoms with van der Waals surface area (Å²) in [5.74, 6) is 1.44. The van der Waals surface area contributed by atoms with E-state index in [2.05, 4.69) is 20.8 Å². The van der Waals surface area contributed by atoms with Crippen LogP contribution in [0.3, 0.4) is 0 Å². The molecule has 1 aromatic rings. The summed E-state index contributed by atoms with van der Waals surface area (Å²) in [7, 11) is 0. The number of aliphatic hydroxyl groups excluding tert-OH is 1. The molecule has 0 saturated carbocycles. The molecular weight excluding hydrogens is 264 g/mol. The second-order valence-corrected chi connectivity index (χ2v) is 6.19. The van der Waals surface area contributed by atoms with E-state index in [0.717, 1.165) is 18.4 Å². The average molecular weight is 294 g/mol. The number of aliphatic hydroxyl groups is 1. The van der Waals surface area contributed by atoms with Crippen molar-refractivity contribution in [2.24, 2.45) is 17.8 Å². The van der Waals surface area contributed by atoms with E-state index in [1.807, 2.05) is 30.3 Å². The Kier molecular flexibility index (Phi) is 9.31. The van der Waals surface area contributed by atoms with E-state index in [4.69, 9.17) is 9.47 Å². The highest BCUT2D eigenvalue weighted by molar-refractivity contribution is 5.13. The average Bonchev–Trinajstić information content (AvgIpc) is 2.48. The lowest BCUT2D eigenvalue weighted by Crippen LogP contribution is -2.16. The van der Waals surface area contributed by atoms with Crippen molar-refractivity contribution in [2.75, 3.05) is 20.0 Å². The van der Waals surface area contributed by atoms with Crippen molar-refractivity contribution in [3.8, 4) is 0 Å². The molecule has 0 heterocycles. The Bertz CT molecular complexity index is 351. The van der Waals surface area contributed by atoms with Gasteiger partial charge in [0, 0.05) is 6.61 Å². The van der Waals surface area contributed by atoms with Gasteiger partial charge in [0.1, 0.15) is 6.79 Å². The maximum Gasteiger partial charge on any atom is 0.147 e. The molecule has 1 rings (SSSR count). The second-order valence-electron chi connectivity index (χ2n) is 6.19. The van der Waals surface area contributed by atoms with Gasteiger partial charge in [-0.15, -0.1) is 0 Å². The summed E-state index contributed by atoms with van der Waals surface area (Å²) in [5.41, 5.74) is 1.16. The molecule has 0 saturated heterocycles. The number of benzene rings is 1. The van der Waals surface area contributed by atoms with Gasteiger partial charge in [-0.2, -0.15) is 0 Å². The van der Waals surface area contributed by atoms with E-state index in [1.165, 1.54) is 0 Å². The molecule has 120 valence electrons. The Labute approximate surface area is 129 Å². The summed E-state index contributed by atoms with van der Waals surface area (Å²) >= 11 is 0. The van der Waals surface area contributed by atoms with Crippen LogP contribution >= 0.6 is 0 Å². The van der Waals surface area contributed by atoms with Gasteiger partial charge in [0.05, 0.1) is 13.2 Å². The topological polar surface area (TPSA) is 38.7 Å². The molecule has 1 N–H and O–H groups in total. The van der Waals surface area contributed by atoms with Crippen molar-refractivity contribution < 1.29 is 14.6 Å². The molecular formula is C18H30O3. The first-order valence-corrected chi connectivity index (χ1v) is 7.93. The van der Waals surface area contributed by atoms with Crippen LogP contribution in [-0.4, -0.2) is 25.1 Å². The highest BCUT2D eigenvalue weighted by Crippen LogP contribution is 2.19. The van der Waals surface area contributed by atoms with Gasteiger partial charge in [0.15, 0.2) is 0 Å². The van der Waals surface area contributed by atoms with E-state index in [1.54, 1.807) is 0 Å². The minimum atomic E-state index is 0.283. The zero-order valence-corrected chi connectivity index (χ0v) is 13.6. The molecule has 0 radical (unpaired) electrons. The number of rotatable bonds is 11. The van der Waals surface area contributed by atoms with Crippen LogP contribution in [0.15, 0.2) is 30.3 Å². The SMILES string of the molecule is CC(C)C(CO)CC[C@H](C)COCOCc1ccccc1. The molecule has 0 fully saturated rings. The first-order chi connectivity index (χ1) is 10.1. The smallest absolute Gasteiger partial charge is 0.147 e. The molecule has 0 bridgehead atoms. The van der Waals surface area contributed by atoms with E-state index < -0.39 is 0 Å². The van der Waals surface area contributed by atoms with Gasteiger partial charge in [-0.3, -0.25) is 0 Å². The fourth-order valence-electron chi connectivity index (χ4n) is 2.26. The van der Waals surface area contributed by atoms with Gasteiger partial charge in [0.2, 0.25) is 0 Å². The third-order valence-electron chi connectivity index (χ3n) is 3.89. The summed E-state index contributed by atoms with van der Waals surface area (Å²) in [6.45, 7) is 8.45. The molecule has 0 spiro atoms. The zero-order valence-electron chi connectivity index (χ0n) is 13.6. The molecule has 1 aromatic carbocycles. The Morgan fingerprint density at radius 3 is 2.33 bits per heavy atom. The first kappa shape index (κ1) is 18.1. The van der Waals surface area contributed by atoms with Gasteiger partial charge in [-0.25, -0.2) is 0 Å². The molecule has 1 unspecified atom stereocenters. The summed E-state index contributed by atoms with van der Waals surface area (Å²) in [4.78, 5) is 0. The third-order valence-corrected chi connectivity index (χ3v) is 3.89. The lowest BCUT2D eigenvalue weighted by Gasteiger charge is -2.20. The van der Waals surface area contributed by atoms with Crippen LogP contribution in [0, 0.1) is 17.8 Å². The second kappa shape index (κ2) is 10.8. The Hall–Kier alpha value is -0.900. The van der Waals surface area contributed by atoms with Crippen LogP contribution in [0.5, 0.6) is 0 Å². The standard InChI is InChI=1S/C18H30O3/c1-15(2)18(11-19)10-9-16(3)12-20-14-21-13-17-7-5-4-6-8-17/h4-8,15-16,18-19H,9-14H2,1-3H3/t16-,18?/m0/s1. The lowest BCUT2D eigenvalue weighted by atomic mass is 9.89. The van der Waals surface area contributed by atoms with Gasteiger partial charge in [-0.05, 0) is 36.2 Å². The minimum Gasteiger partial charge on any atom is -0.396 e. The predicted molar refractivity (Wildman–Crippen MR) is 85.9 cm³/mol. The normalized spacial score (nSPS) is 14.3. The fraction of sp³-hybridized carbons (Fsp3) is 0.667. The summed E-state index contributed by atoms with van der Waals surface area (Å²) in [6.07, 6.45) is 2.14. The van der Waals surface area contributed by atoms with Gasteiger partial charge >= 0.3 is 0 Å². The number of ether oxygens (including phenoxy) is 2. The quantitative estimate of drug-likeness (QED) is 0.497. The van der Waals surface area contributed by atoms with Crippen molar-refractivity contribution in [2.45, 2.75) is 40.2 Å². The van der Waals surface area contributed by atoms with Crippen LogP contribution in [0.2, 0.25) is 0 Å². The van der Waals surface area contributed by atoms with Crippen molar-refractivity contribution >= 4 is 0 Å². The van der Waals surface area contributed by atoms with Crippen LogP contribution in [-0.2, 0) is 16.1 Å². The maximum atomic E-state index is 9.31. The highest BCUT2D eigenvalue weighted by atomic mass is 16.7. The molecule has 0 aliphatic carbocycles. The lowest BCUT2D eigenvalue weighted by molar-refractivity contribution is -0.0713. The van der Waals surface area contributed by atoms with Crippen molar-refractivity contribution in [1.29, 1.82) is 0 Å². The van der Waals surface area contributed by atoms with Crippen LogP contribution in [0.4, 0.5) is 0 Å². The Morgan fingerprint density at radius 1 is 1.00 bits per heavy atom. The first-order valence-electron chi connectivity index (χ1n) is 7.93.